The Labute approximate surface area is 125 Å². The maximum Gasteiger partial charge on any atom is 0.293 e. The molecule has 0 unspecified atom stereocenters. The van der Waals surface area contributed by atoms with Gasteiger partial charge in [-0.15, -0.1) is 0 Å². The van der Waals surface area contributed by atoms with Crippen molar-refractivity contribution in [3.63, 3.8) is 0 Å². The zero-order valence-corrected chi connectivity index (χ0v) is 11.6. The van der Waals surface area contributed by atoms with E-state index in [1.165, 1.54) is 0 Å². The zero-order chi connectivity index (χ0) is 14.7. The highest BCUT2D eigenvalue weighted by molar-refractivity contribution is 6.30. The van der Waals surface area contributed by atoms with Crippen LogP contribution in [0.15, 0.2) is 58.4 Å². The van der Waals surface area contributed by atoms with Gasteiger partial charge in [0, 0.05) is 5.02 Å². The minimum Gasteiger partial charge on any atom is -0.317 e. The molecule has 0 spiro atoms. The molecule has 0 saturated carbocycles. The SMILES string of the molecule is O=c1[nH]c2ccccc2nc1N/N=C\c1cccc(Cl)c1. The van der Waals surface area contributed by atoms with Gasteiger partial charge in [0.2, 0.25) is 5.82 Å². The van der Waals surface area contributed by atoms with Gasteiger partial charge in [-0.3, -0.25) is 10.2 Å². The van der Waals surface area contributed by atoms with E-state index >= 15 is 0 Å². The molecule has 0 atom stereocenters. The molecule has 0 radical (unpaired) electrons. The van der Waals surface area contributed by atoms with Crippen molar-refractivity contribution in [2.24, 2.45) is 5.10 Å². The average Bonchev–Trinajstić information content (AvgIpc) is 2.48. The molecular weight excluding hydrogens is 288 g/mol. The molecule has 3 rings (SSSR count). The van der Waals surface area contributed by atoms with Crippen LogP contribution in [0.3, 0.4) is 0 Å². The van der Waals surface area contributed by atoms with Crippen molar-refractivity contribution in [2.75, 3.05) is 5.43 Å². The molecule has 0 saturated heterocycles. The van der Waals surface area contributed by atoms with Crippen molar-refractivity contribution in [1.29, 1.82) is 0 Å². The van der Waals surface area contributed by atoms with Crippen LogP contribution < -0.4 is 11.0 Å². The standard InChI is InChI=1S/C15H11ClN4O/c16-11-5-3-4-10(8-11)9-17-20-14-15(21)19-13-7-2-1-6-12(13)18-14/h1-9H,(H,18,20)(H,19,21)/b17-9-. The largest absolute Gasteiger partial charge is 0.317 e. The molecule has 2 aromatic carbocycles. The first-order valence-electron chi connectivity index (χ1n) is 6.26. The van der Waals surface area contributed by atoms with Gasteiger partial charge in [-0.05, 0) is 29.8 Å². The quantitative estimate of drug-likeness (QED) is 0.577. The van der Waals surface area contributed by atoms with Gasteiger partial charge in [0.05, 0.1) is 17.2 Å². The van der Waals surface area contributed by atoms with Gasteiger partial charge in [0.15, 0.2) is 0 Å². The molecule has 1 heterocycles. The smallest absolute Gasteiger partial charge is 0.293 e. The summed E-state index contributed by atoms with van der Waals surface area (Å²) in [5, 5.41) is 4.63. The second-order valence-corrected chi connectivity index (χ2v) is 4.79. The first-order valence-corrected chi connectivity index (χ1v) is 6.64. The summed E-state index contributed by atoms with van der Waals surface area (Å²) in [7, 11) is 0. The maximum absolute atomic E-state index is 11.9. The third-order valence-corrected chi connectivity index (χ3v) is 3.07. The molecule has 3 aromatic rings. The Morgan fingerprint density at radius 2 is 2.05 bits per heavy atom. The van der Waals surface area contributed by atoms with Crippen LogP contribution in [0.4, 0.5) is 5.82 Å². The van der Waals surface area contributed by atoms with Gasteiger partial charge in [-0.25, -0.2) is 4.98 Å². The normalized spacial score (nSPS) is 11.1. The molecule has 0 bridgehead atoms. The lowest BCUT2D eigenvalue weighted by Gasteiger charge is -2.01. The molecule has 0 aliphatic rings. The van der Waals surface area contributed by atoms with Crippen molar-refractivity contribution in [2.45, 2.75) is 0 Å². The van der Waals surface area contributed by atoms with E-state index in [9.17, 15) is 4.79 Å². The Bertz CT molecular complexity index is 873. The molecule has 6 heteroatoms. The van der Waals surface area contributed by atoms with Gasteiger partial charge < -0.3 is 4.98 Å². The van der Waals surface area contributed by atoms with E-state index in [0.717, 1.165) is 5.56 Å². The van der Waals surface area contributed by atoms with Gasteiger partial charge in [0.1, 0.15) is 0 Å². The summed E-state index contributed by atoms with van der Waals surface area (Å²) >= 11 is 5.88. The van der Waals surface area contributed by atoms with E-state index in [4.69, 9.17) is 11.6 Å². The third kappa shape index (κ3) is 3.09. The van der Waals surface area contributed by atoms with Crippen molar-refractivity contribution in [1.82, 2.24) is 9.97 Å². The lowest BCUT2D eigenvalue weighted by atomic mass is 10.2. The molecule has 21 heavy (non-hydrogen) atoms. The lowest BCUT2D eigenvalue weighted by Crippen LogP contribution is -2.13. The number of benzene rings is 2. The van der Waals surface area contributed by atoms with Crippen LogP contribution in [0.1, 0.15) is 5.56 Å². The number of aromatic nitrogens is 2. The number of anilines is 1. The van der Waals surface area contributed by atoms with Gasteiger partial charge in [-0.2, -0.15) is 5.10 Å². The van der Waals surface area contributed by atoms with E-state index < -0.39 is 0 Å². The highest BCUT2D eigenvalue weighted by atomic mass is 35.5. The highest BCUT2D eigenvalue weighted by Gasteiger charge is 2.02. The Hall–Kier alpha value is -2.66. The number of H-pyrrole nitrogens is 1. The monoisotopic (exact) mass is 298 g/mol. The van der Waals surface area contributed by atoms with Gasteiger partial charge in [-0.1, -0.05) is 35.9 Å². The minimum absolute atomic E-state index is 0.145. The zero-order valence-electron chi connectivity index (χ0n) is 10.9. The number of hydrazone groups is 1. The number of halogens is 1. The Kier molecular flexibility index (Phi) is 3.66. The molecule has 2 N–H and O–H groups in total. The molecule has 1 aromatic heterocycles. The number of fused-ring (bicyclic) bond motifs is 1. The predicted octanol–water partition coefficient (Wildman–Crippen LogP) is 3.02. The van der Waals surface area contributed by atoms with Gasteiger partial charge in [0.25, 0.3) is 5.56 Å². The van der Waals surface area contributed by atoms with Crippen molar-refractivity contribution < 1.29 is 0 Å². The second-order valence-electron chi connectivity index (χ2n) is 4.36. The molecule has 0 aliphatic carbocycles. The Morgan fingerprint density at radius 3 is 2.90 bits per heavy atom. The molecule has 5 nitrogen and oxygen atoms in total. The van der Waals surface area contributed by atoms with Crippen molar-refractivity contribution in [3.8, 4) is 0 Å². The highest BCUT2D eigenvalue weighted by Crippen LogP contribution is 2.10. The topological polar surface area (TPSA) is 70.1 Å². The van der Waals surface area contributed by atoms with E-state index in [2.05, 4.69) is 20.5 Å². The van der Waals surface area contributed by atoms with Crippen LogP contribution in [-0.4, -0.2) is 16.2 Å². The number of hydrogen-bond acceptors (Lipinski definition) is 4. The number of nitrogens with one attached hydrogen (secondary N) is 2. The summed E-state index contributed by atoms with van der Waals surface area (Å²) in [4.78, 5) is 18.8. The van der Waals surface area contributed by atoms with E-state index in [0.29, 0.717) is 16.1 Å². The summed E-state index contributed by atoms with van der Waals surface area (Å²) in [5.74, 6) is 0.145. The molecule has 0 amide bonds. The summed E-state index contributed by atoms with van der Waals surface area (Å²) in [6.45, 7) is 0. The summed E-state index contributed by atoms with van der Waals surface area (Å²) in [6.07, 6.45) is 1.57. The molecule has 0 fully saturated rings. The lowest BCUT2D eigenvalue weighted by molar-refractivity contribution is 1.17. The van der Waals surface area contributed by atoms with Crippen LogP contribution in [0.25, 0.3) is 11.0 Å². The van der Waals surface area contributed by atoms with E-state index in [1.54, 1.807) is 24.4 Å². The van der Waals surface area contributed by atoms with Crippen LogP contribution in [-0.2, 0) is 0 Å². The fourth-order valence-corrected chi connectivity index (χ4v) is 2.06. The fourth-order valence-electron chi connectivity index (χ4n) is 1.86. The molecule has 104 valence electrons. The van der Waals surface area contributed by atoms with Crippen molar-refractivity contribution in [3.05, 3.63) is 69.5 Å². The van der Waals surface area contributed by atoms with Gasteiger partial charge >= 0.3 is 0 Å². The van der Waals surface area contributed by atoms with E-state index in [1.807, 2.05) is 30.3 Å². The fraction of sp³-hybridized carbons (Fsp3) is 0. The van der Waals surface area contributed by atoms with E-state index in [-0.39, 0.29) is 11.4 Å². The summed E-state index contributed by atoms with van der Waals surface area (Å²) < 4.78 is 0. The number of aromatic amines is 1. The average molecular weight is 299 g/mol. The number of para-hydroxylation sites is 2. The van der Waals surface area contributed by atoms with Crippen molar-refractivity contribution >= 4 is 34.7 Å². The summed E-state index contributed by atoms with van der Waals surface area (Å²) in [6, 6.07) is 14.5. The van der Waals surface area contributed by atoms with Crippen LogP contribution in [0, 0.1) is 0 Å². The maximum atomic E-state index is 11.9. The Balaban J connectivity index is 1.85. The predicted molar refractivity (Wildman–Crippen MR) is 85.0 cm³/mol. The first-order chi connectivity index (χ1) is 10.2. The van der Waals surface area contributed by atoms with Crippen LogP contribution in [0.2, 0.25) is 5.02 Å². The number of nitrogens with zero attached hydrogens (tertiary/aromatic N) is 2. The first kappa shape index (κ1) is 13.3. The minimum atomic E-state index is -0.322. The third-order valence-electron chi connectivity index (χ3n) is 2.83. The second kappa shape index (κ2) is 5.76. The van der Waals surface area contributed by atoms with Crippen LogP contribution >= 0.6 is 11.6 Å². The molecule has 0 aliphatic heterocycles. The van der Waals surface area contributed by atoms with Crippen LogP contribution in [0.5, 0.6) is 0 Å². The summed E-state index contributed by atoms with van der Waals surface area (Å²) in [5.41, 5.74) is 4.53. The number of hydrogen-bond donors (Lipinski definition) is 2. The molecular formula is C15H11ClN4O. The number of rotatable bonds is 3. The Morgan fingerprint density at radius 1 is 1.19 bits per heavy atom.